The Hall–Kier alpha value is -1.01. The van der Waals surface area contributed by atoms with Gasteiger partial charge in [-0.25, -0.2) is 13.1 Å². The molecule has 0 fully saturated rings. The van der Waals surface area contributed by atoms with E-state index in [0.29, 0.717) is 0 Å². The fraction of sp³-hybridized carbons (Fsp3) is 0.385. The highest BCUT2D eigenvalue weighted by Crippen LogP contribution is 2.25. The molecule has 0 amide bonds. The predicted octanol–water partition coefficient (Wildman–Crippen LogP) is 2.67. The third kappa shape index (κ3) is 4.48. The third-order valence-corrected chi connectivity index (χ3v) is 5.66. The second-order valence-corrected chi connectivity index (χ2v) is 9.20. The van der Waals surface area contributed by atoms with Gasteiger partial charge >= 0.3 is 0 Å². The monoisotopic (exact) mass is 390 g/mol. The van der Waals surface area contributed by atoms with Gasteiger partial charge in [-0.3, -0.25) is 0 Å². The van der Waals surface area contributed by atoms with Gasteiger partial charge in [-0.1, -0.05) is 34.7 Å². The van der Waals surface area contributed by atoms with Gasteiger partial charge in [-0.05, 0) is 25.5 Å². The summed E-state index contributed by atoms with van der Waals surface area (Å²) in [5.74, 6) is 6.09. The standard InChI is InChI=1S/C13H15BrN2O3S2/c1-3-4-5-6-10-7-8-12(20-10)21(17,18)15-11-9-13(2,14)16-19-11/h7-9,15-16H,3-4H2,1-2H3. The molecule has 0 bridgehead atoms. The van der Waals surface area contributed by atoms with Crippen molar-refractivity contribution in [3.05, 3.63) is 29.0 Å². The number of hydrogen-bond acceptors (Lipinski definition) is 5. The van der Waals surface area contributed by atoms with Crippen LogP contribution in [0.3, 0.4) is 0 Å². The van der Waals surface area contributed by atoms with Crippen molar-refractivity contribution in [3.8, 4) is 11.8 Å². The fourth-order valence-corrected chi connectivity index (χ4v) is 3.95. The highest BCUT2D eigenvalue weighted by Gasteiger charge is 2.29. The van der Waals surface area contributed by atoms with Gasteiger partial charge in [0.2, 0.25) is 5.88 Å². The maximum atomic E-state index is 12.2. The van der Waals surface area contributed by atoms with Gasteiger partial charge in [-0.2, -0.15) is 0 Å². The lowest BCUT2D eigenvalue weighted by Gasteiger charge is -2.09. The smallest absolute Gasteiger partial charge is 0.273 e. The largest absolute Gasteiger partial charge is 0.388 e. The first kappa shape index (κ1) is 16.4. The van der Waals surface area contributed by atoms with E-state index in [1.54, 1.807) is 25.1 Å². The Morgan fingerprint density at radius 1 is 1.52 bits per heavy atom. The molecule has 1 atom stereocenters. The Morgan fingerprint density at radius 2 is 2.29 bits per heavy atom. The van der Waals surface area contributed by atoms with Gasteiger partial charge in [-0.15, -0.1) is 16.8 Å². The molecule has 21 heavy (non-hydrogen) atoms. The highest BCUT2D eigenvalue weighted by molar-refractivity contribution is 9.10. The van der Waals surface area contributed by atoms with Gasteiger partial charge in [0, 0.05) is 12.5 Å². The Labute approximate surface area is 136 Å². The molecule has 1 aliphatic rings. The quantitative estimate of drug-likeness (QED) is 0.471. The van der Waals surface area contributed by atoms with E-state index in [2.05, 4.69) is 38.0 Å². The van der Waals surface area contributed by atoms with Crippen molar-refractivity contribution in [3.63, 3.8) is 0 Å². The summed E-state index contributed by atoms with van der Waals surface area (Å²) in [6.07, 6.45) is 3.38. The van der Waals surface area contributed by atoms with Gasteiger partial charge in [0.05, 0.1) is 4.88 Å². The maximum absolute atomic E-state index is 12.2. The average molecular weight is 391 g/mol. The van der Waals surface area contributed by atoms with Crippen LogP contribution in [0.15, 0.2) is 28.3 Å². The molecular weight excluding hydrogens is 376 g/mol. The molecule has 2 rings (SSSR count). The minimum Gasteiger partial charge on any atom is -0.388 e. The molecule has 8 heteroatoms. The molecular formula is C13H15BrN2O3S2. The lowest BCUT2D eigenvalue weighted by molar-refractivity contribution is 0.107. The summed E-state index contributed by atoms with van der Waals surface area (Å²) in [4.78, 5) is 5.79. The van der Waals surface area contributed by atoms with Crippen molar-refractivity contribution in [1.82, 2.24) is 10.2 Å². The Morgan fingerprint density at radius 3 is 2.90 bits per heavy atom. The number of hydrogen-bond donors (Lipinski definition) is 2. The molecule has 0 saturated heterocycles. The van der Waals surface area contributed by atoms with Crippen molar-refractivity contribution in [2.24, 2.45) is 0 Å². The molecule has 0 radical (unpaired) electrons. The normalized spacial score (nSPS) is 21.2. The van der Waals surface area contributed by atoms with Crippen LogP contribution < -0.4 is 10.2 Å². The van der Waals surface area contributed by atoms with E-state index in [-0.39, 0.29) is 10.1 Å². The first-order valence-corrected chi connectivity index (χ1v) is 9.39. The summed E-state index contributed by atoms with van der Waals surface area (Å²) in [7, 11) is -3.66. The molecule has 0 aliphatic carbocycles. The van der Waals surface area contributed by atoms with Gasteiger partial charge in [0.25, 0.3) is 10.0 Å². The van der Waals surface area contributed by atoms with E-state index in [4.69, 9.17) is 4.84 Å². The van der Waals surface area contributed by atoms with E-state index in [0.717, 1.165) is 29.1 Å². The molecule has 0 spiro atoms. The number of halogens is 1. The summed E-state index contributed by atoms with van der Waals surface area (Å²) in [6, 6.07) is 3.25. The fourth-order valence-electron chi connectivity index (χ4n) is 1.50. The van der Waals surface area contributed by atoms with E-state index in [9.17, 15) is 8.42 Å². The van der Waals surface area contributed by atoms with Crippen molar-refractivity contribution >= 4 is 37.3 Å². The van der Waals surface area contributed by atoms with Crippen LogP contribution in [-0.2, 0) is 14.9 Å². The topological polar surface area (TPSA) is 67.4 Å². The number of thiophene rings is 1. The Balaban J connectivity index is 2.12. The molecule has 2 heterocycles. The first-order valence-electron chi connectivity index (χ1n) is 6.30. The van der Waals surface area contributed by atoms with Crippen molar-refractivity contribution in [2.75, 3.05) is 0 Å². The van der Waals surface area contributed by atoms with Crippen LogP contribution in [0.1, 0.15) is 31.6 Å². The molecule has 114 valence electrons. The van der Waals surface area contributed by atoms with E-state index >= 15 is 0 Å². The molecule has 2 N–H and O–H groups in total. The summed E-state index contributed by atoms with van der Waals surface area (Å²) < 4.78 is 26.5. The van der Waals surface area contributed by atoms with Crippen LogP contribution in [0.4, 0.5) is 0 Å². The molecule has 0 aromatic carbocycles. The average Bonchev–Trinajstić information content (AvgIpc) is 2.97. The van der Waals surface area contributed by atoms with Crippen molar-refractivity contribution in [1.29, 1.82) is 0 Å². The number of hydroxylamine groups is 1. The summed E-state index contributed by atoms with van der Waals surface area (Å²) >= 11 is 4.46. The maximum Gasteiger partial charge on any atom is 0.273 e. The molecule has 5 nitrogen and oxygen atoms in total. The van der Waals surface area contributed by atoms with Gasteiger partial charge in [0.1, 0.15) is 8.66 Å². The van der Waals surface area contributed by atoms with Crippen molar-refractivity contribution in [2.45, 2.75) is 35.3 Å². The summed E-state index contributed by atoms with van der Waals surface area (Å²) in [5, 5.41) is 0. The summed E-state index contributed by atoms with van der Waals surface area (Å²) in [6.45, 7) is 3.84. The van der Waals surface area contributed by atoms with Crippen LogP contribution in [0.5, 0.6) is 0 Å². The van der Waals surface area contributed by atoms with Crippen LogP contribution >= 0.6 is 27.3 Å². The van der Waals surface area contributed by atoms with E-state index in [1.807, 2.05) is 6.92 Å². The number of sulfonamides is 1. The van der Waals surface area contributed by atoms with Gasteiger partial charge in [0.15, 0.2) is 0 Å². The van der Waals surface area contributed by atoms with Crippen LogP contribution in [-0.4, -0.2) is 12.9 Å². The van der Waals surface area contributed by atoms with Crippen molar-refractivity contribution < 1.29 is 13.3 Å². The highest BCUT2D eigenvalue weighted by atomic mass is 79.9. The predicted molar refractivity (Wildman–Crippen MR) is 86.1 cm³/mol. The zero-order valence-corrected chi connectivity index (χ0v) is 14.8. The summed E-state index contributed by atoms with van der Waals surface area (Å²) in [5.41, 5.74) is 2.64. The zero-order chi connectivity index (χ0) is 15.5. The van der Waals surface area contributed by atoms with Crippen LogP contribution in [0.2, 0.25) is 0 Å². The van der Waals surface area contributed by atoms with Gasteiger partial charge < -0.3 is 4.84 Å². The number of alkyl halides is 1. The number of unbranched alkanes of at least 4 members (excludes halogenated alkanes) is 1. The lowest BCUT2D eigenvalue weighted by atomic mass is 10.3. The van der Waals surface area contributed by atoms with Crippen LogP contribution in [0.25, 0.3) is 0 Å². The second-order valence-electron chi connectivity index (χ2n) is 4.56. The molecule has 1 aliphatic heterocycles. The SMILES string of the molecule is CCCC#Cc1ccc(S(=O)(=O)NC2=CC(C)(Br)NO2)s1. The van der Waals surface area contributed by atoms with E-state index < -0.39 is 14.5 Å². The minimum absolute atomic E-state index is 0.140. The minimum atomic E-state index is -3.66. The Bertz CT molecular complexity index is 711. The number of rotatable bonds is 4. The molecule has 1 aromatic rings. The van der Waals surface area contributed by atoms with E-state index in [1.165, 1.54) is 0 Å². The molecule has 1 unspecified atom stereocenters. The second kappa shape index (κ2) is 6.40. The Kier molecular flexibility index (Phi) is 4.99. The molecule has 1 aromatic heterocycles. The molecule has 0 saturated carbocycles. The number of nitrogens with one attached hydrogen (secondary N) is 2. The first-order chi connectivity index (χ1) is 9.82. The lowest BCUT2D eigenvalue weighted by Crippen LogP contribution is -2.28. The zero-order valence-electron chi connectivity index (χ0n) is 11.6. The third-order valence-electron chi connectivity index (χ3n) is 2.43. The van der Waals surface area contributed by atoms with Crippen LogP contribution in [0, 0.1) is 11.8 Å².